The Hall–Kier alpha value is -0.685. The molecule has 0 atom stereocenters. The Morgan fingerprint density at radius 2 is 2.16 bits per heavy atom. The van der Waals surface area contributed by atoms with Crippen molar-refractivity contribution in [1.29, 1.82) is 0 Å². The molecular weight excluding hydrogens is 261 g/mol. The van der Waals surface area contributed by atoms with Gasteiger partial charge in [-0.25, -0.2) is 0 Å². The molecule has 1 heterocycles. The van der Waals surface area contributed by atoms with Crippen molar-refractivity contribution >= 4 is 24.3 Å². The molecule has 19 heavy (non-hydrogen) atoms. The van der Waals surface area contributed by atoms with Gasteiger partial charge in [0.05, 0.1) is 0 Å². The summed E-state index contributed by atoms with van der Waals surface area (Å²) in [5, 5.41) is 18.2. The first-order valence-corrected chi connectivity index (χ1v) is 7.80. The molecule has 0 aliphatic carbocycles. The van der Waals surface area contributed by atoms with Gasteiger partial charge in [-0.2, -0.15) is 11.8 Å². The largest absolute Gasteiger partial charge is 0.492 e. The fourth-order valence-corrected chi connectivity index (χ4v) is 3.00. The molecule has 1 aromatic carbocycles. The maximum atomic E-state index is 9.10. The predicted molar refractivity (Wildman–Crippen MR) is 80.1 cm³/mol. The Bertz CT molecular complexity index is 384. The molecule has 6 heteroatoms. The highest BCUT2D eigenvalue weighted by Gasteiger charge is 2.12. The predicted octanol–water partition coefficient (Wildman–Crippen LogP) is 0.184. The zero-order chi connectivity index (χ0) is 13.5. The summed E-state index contributed by atoms with van der Waals surface area (Å²) < 4.78 is 5.67. The first-order chi connectivity index (χ1) is 9.25. The lowest BCUT2D eigenvalue weighted by atomic mass is 9.80. The first-order valence-electron chi connectivity index (χ1n) is 6.65. The molecular formula is C13H20BNO3S. The topological polar surface area (TPSA) is 52.9 Å². The van der Waals surface area contributed by atoms with Gasteiger partial charge in [-0.15, -0.1) is 0 Å². The van der Waals surface area contributed by atoms with E-state index in [-0.39, 0.29) is 0 Å². The standard InChI is InChI=1S/C13H20BNO3S/c16-14(17)12-3-1-4-13(11-12)18-8-6-15-5-2-9-19-10-7-15/h1,3-4,11,16-17H,2,5-10H2. The molecule has 4 nitrogen and oxygen atoms in total. The Labute approximate surface area is 118 Å². The van der Waals surface area contributed by atoms with Gasteiger partial charge in [-0.3, -0.25) is 4.90 Å². The second-order valence-corrected chi connectivity index (χ2v) is 5.83. The molecule has 1 aliphatic rings. The lowest BCUT2D eigenvalue weighted by Gasteiger charge is -2.19. The summed E-state index contributed by atoms with van der Waals surface area (Å²) in [5.74, 6) is 3.15. The Morgan fingerprint density at radius 1 is 1.26 bits per heavy atom. The van der Waals surface area contributed by atoms with Crippen LogP contribution in [0.25, 0.3) is 0 Å². The number of ether oxygens (including phenoxy) is 1. The van der Waals surface area contributed by atoms with Crippen LogP contribution in [0.2, 0.25) is 0 Å². The van der Waals surface area contributed by atoms with Gasteiger partial charge in [0.2, 0.25) is 0 Å². The smallest absolute Gasteiger partial charge is 0.488 e. The first kappa shape index (κ1) is 14.7. The van der Waals surface area contributed by atoms with Crippen LogP contribution in [0.3, 0.4) is 0 Å². The van der Waals surface area contributed by atoms with Crippen molar-refractivity contribution in [3.05, 3.63) is 24.3 Å². The van der Waals surface area contributed by atoms with E-state index in [4.69, 9.17) is 14.8 Å². The fourth-order valence-electron chi connectivity index (χ4n) is 2.08. The molecule has 2 rings (SSSR count). The summed E-state index contributed by atoms with van der Waals surface area (Å²) in [6.07, 6.45) is 1.25. The van der Waals surface area contributed by atoms with Crippen LogP contribution in [0.1, 0.15) is 6.42 Å². The van der Waals surface area contributed by atoms with Crippen molar-refractivity contribution in [3.63, 3.8) is 0 Å². The molecule has 0 saturated carbocycles. The van der Waals surface area contributed by atoms with E-state index in [0.29, 0.717) is 17.8 Å². The van der Waals surface area contributed by atoms with Crippen LogP contribution in [-0.2, 0) is 0 Å². The summed E-state index contributed by atoms with van der Waals surface area (Å²) in [7, 11) is -1.44. The van der Waals surface area contributed by atoms with Crippen LogP contribution in [0, 0.1) is 0 Å². The van der Waals surface area contributed by atoms with Gasteiger partial charge in [0.1, 0.15) is 12.4 Å². The van der Waals surface area contributed by atoms with E-state index in [1.54, 1.807) is 18.2 Å². The number of benzene rings is 1. The highest BCUT2D eigenvalue weighted by atomic mass is 32.2. The van der Waals surface area contributed by atoms with Gasteiger partial charge >= 0.3 is 7.12 Å². The third-order valence-corrected chi connectivity index (χ3v) is 4.20. The lowest BCUT2D eigenvalue weighted by molar-refractivity contribution is 0.219. The third-order valence-electron chi connectivity index (χ3n) is 3.15. The molecule has 1 saturated heterocycles. The third kappa shape index (κ3) is 5.07. The summed E-state index contributed by atoms with van der Waals surface area (Å²) in [5.41, 5.74) is 0.462. The fraction of sp³-hybridized carbons (Fsp3) is 0.538. The molecule has 0 aromatic heterocycles. The molecule has 0 radical (unpaired) electrons. The van der Waals surface area contributed by atoms with E-state index in [2.05, 4.69) is 4.90 Å². The minimum absolute atomic E-state index is 0.462. The van der Waals surface area contributed by atoms with Gasteiger partial charge in [0.15, 0.2) is 0 Å². The molecule has 0 bridgehead atoms. The zero-order valence-corrected chi connectivity index (χ0v) is 11.8. The molecule has 2 N–H and O–H groups in total. The van der Waals surface area contributed by atoms with Crippen LogP contribution >= 0.6 is 11.8 Å². The number of nitrogens with zero attached hydrogens (tertiary/aromatic N) is 1. The molecule has 0 amide bonds. The summed E-state index contributed by atoms with van der Waals surface area (Å²) in [4.78, 5) is 2.42. The average Bonchev–Trinajstić information content (AvgIpc) is 2.68. The zero-order valence-electron chi connectivity index (χ0n) is 11.0. The van der Waals surface area contributed by atoms with E-state index in [9.17, 15) is 0 Å². The summed E-state index contributed by atoms with van der Waals surface area (Å²) in [6, 6.07) is 6.95. The summed E-state index contributed by atoms with van der Waals surface area (Å²) >= 11 is 2.02. The van der Waals surface area contributed by atoms with Crippen molar-refractivity contribution in [1.82, 2.24) is 4.90 Å². The van der Waals surface area contributed by atoms with Crippen LogP contribution in [0.5, 0.6) is 5.75 Å². The SMILES string of the molecule is OB(O)c1cccc(OCCN2CCCSCC2)c1. The van der Waals surface area contributed by atoms with E-state index in [1.807, 2.05) is 17.8 Å². The minimum Gasteiger partial charge on any atom is -0.492 e. The highest BCUT2D eigenvalue weighted by Crippen LogP contribution is 2.11. The molecule has 0 unspecified atom stereocenters. The van der Waals surface area contributed by atoms with Crippen LogP contribution < -0.4 is 10.2 Å². The molecule has 104 valence electrons. The Balaban J connectivity index is 1.77. The van der Waals surface area contributed by atoms with Gasteiger partial charge < -0.3 is 14.8 Å². The number of rotatable bonds is 5. The quantitative estimate of drug-likeness (QED) is 0.754. The Kier molecular flexibility index (Phi) is 6.04. The lowest BCUT2D eigenvalue weighted by Crippen LogP contribution is -2.31. The second-order valence-electron chi connectivity index (χ2n) is 4.60. The van der Waals surface area contributed by atoms with Crippen LogP contribution in [0.4, 0.5) is 0 Å². The maximum Gasteiger partial charge on any atom is 0.488 e. The van der Waals surface area contributed by atoms with Crippen molar-refractivity contribution in [3.8, 4) is 5.75 Å². The maximum absolute atomic E-state index is 9.10. The van der Waals surface area contributed by atoms with Crippen molar-refractivity contribution < 1.29 is 14.8 Å². The van der Waals surface area contributed by atoms with Gasteiger partial charge in [0, 0.05) is 18.8 Å². The molecule has 1 aromatic rings. The average molecular weight is 281 g/mol. The molecule has 1 aliphatic heterocycles. The molecule has 1 fully saturated rings. The van der Waals surface area contributed by atoms with Crippen molar-refractivity contribution in [2.75, 3.05) is 37.7 Å². The Morgan fingerprint density at radius 3 is 3.00 bits per heavy atom. The van der Waals surface area contributed by atoms with E-state index >= 15 is 0 Å². The number of hydrogen-bond donors (Lipinski definition) is 2. The van der Waals surface area contributed by atoms with Crippen LogP contribution in [-0.4, -0.2) is 59.8 Å². The van der Waals surface area contributed by atoms with E-state index < -0.39 is 7.12 Å². The van der Waals surface area contributed by atoms with Crippen molar-refractivity contribution in [2.24, 2.45) is 0 Å². The van der Waals surface area contributed by atoms with E-state index in [1.165, 1.54) is 17.9 Å². The monoisotopic (exact) mass is 281 g/mol. The van der Waals surface area contributed by atoms with Gasteiger partial charge in [-0.1, -0.05) is 12.1 Å². The van der Waals surface area contributed by atoms with Gasteiger partial charge in [-0.05, 0) is 36.3 Å². The number of hydrogen-bond acceptors (Lipinski definition) is 5. The van der Waals surface area contributed by atoms with Crippen molar-refractivity contribution in [2.45, 2.75) is 6.42 Å². The molecule has 0 spiro atoms. The normalized spacial score (nSPS) is 16.9. The highest BCUT2D eigenvalue weighted by molar-refractivity contribution is 7.99. The number of thioether (sulfide) groups is 1. The summed E-state index contributed by atoms with van der Waals surface area (Å²) in [6.45, 7) is 3.83. The second kappa shape index (κ2) is 7.80. The van der Waals surface area contributed by atoms with Gasteiger partial charge in [0.25, 0.3) is 0 Å². The van der Waals surface area contributed by atoms with E-state index in [0.717, 1.165) is 19.6 Å². The van der Waals surface area contributed by atoms with Crippen LogP contribution in [0.15, 0.2) is 24.3 Å². The minimum atomic E-state index is -1.44.